The van der Waals surface area contributed by atoms with Gasteiger partial charge in [-0.05, 0) is 12.8 Å². The van der Waals surface area contributed by atoms with Crippen molar-refractivity contribution in [2.45, 2.75) is 50.2 Å². The Morgan fingerprint density at radius 3 is 2.81 bits per heavy atom. The van der Waals surface area contributed by atoms with Gasteiger partial charge in [-0.2, -0.15) is 13.2 Å². The Morgan fingerprint density at radius 2 is 2.11 bits per heavy atom. The van der Waals surface area contributed by atoms with E-state index in [0.717, 1.165) is 0 Å². The minimum Gasteiger partial charge on any atom is -0.338 e. The number of rotatable bonds is 2. The highest BCUT2D eigenvalue weighted by Gasteiger charge is 2.39. The van der Waals surface area contributed by atoms with E-state index in [2.05, 4.69) is 20.2 Å². The zero-order chi connectivity index (χ0) is 19.2. The normalized spacial score (nSPS) is 29.2. The first kappa shape index (κ1) is 18.5. The van der Waals surface area contributed by atoms with Crippen molar-refractivity contribution in [1.29, 1.82) is 0 Å². The van der Waals surface area contributed by atoms with Gasteiger partial charge in [0.1, 0.15) is 6.17 Å². The number of aromatic nitrogens is 2. The van der Waals surface area contributed by atoms with Gasteiger partial charge in [-0.15, -0.1) is 0 Å². The summed E-state index contributed by atoms with van der Waals surface area (Å²) >= 11 is 0. The van der Waals surface area contributed by atoms with Gasteiger partial charge < -0.3 is 10.2 Å². The van der Waals surface area contributed by atoms with Gasteiger partial charge in [0.15, 0.2) is 0 Å². The van der Waals surface area contributed by atoms with Crippen molar-refractivity contribution in [3.05, 3.63) is 23.3 Å². The van der Waals surface area contributed by atoms with Gasteiger partial charge in [-0.3, -0.25) is 9.69 Å². The lowest BCUT2D eigenvalue weighted by Crippen LogP contribution is -2.42. The van der Waals surface area contributed by atoms with Crippen molar-refractivity contribution in [1.82, 2.24) is 25.1 Å². The molecule has 0 bridgehead atoms. The first-order chi connectivity index (χ1) is 12.8. The number of nitrogens with one attached hydrogen (secondary N) is 1. The fourth-order valence-electron chi connectivity index (χ4n) is 4.11. The fraction of sp³-hybridized carbons (Fsp3) is 0.706. The van der Waals surface area contributed by atoms with Crippen LogP contribution in [0.4, 0.5) is 17.6 Å². The van der Waals surface area contributed by atoms with Crippen LogP contribution >= 0.6 is 0 Å². The van der Waals surface area contributed by atoms with E-state index in [1.807, 2.05) is 0 Å². The van der Waals surface area contributed by atoms with E-state index in [1.165, 1.54) is 6.20 Å². The van der Waals surface area contributed by atoms with Gasteiger partial charge >= 0.3 is 6.18 Å². The van der Waals surface area contributed by atoms with Crippen LogP contribution in [0.25, 0.3) is 0 Å². The Balaban J connectivity index is 1.38. The van der Waals surface area contributed by atoms with E-state index >= 15 is 0 Å². The van der Waals surface area contributed by atoms with E-state index in [1.54, 1.807) is 4.90 Å². The Morgan fingerprint density at radius 1 is 1.30 bits per heavy atom. The zero-order valence-electron chi connectivity index (χ0n) is 14.7. The fourth-order valence-corrected chi connectivity index (χ4v) is 4.11. The van der Waals surface area contributed by atoms with E-state index in [9.17, 15) is 22.4 Å². The lowest BCUT2D eigenvalue weighted by atomic mass is 10.0. The van der Waals surface area contributed by atoms with Gasteiger partial charge in [-0.1, -0.05) is 0 Å². The Bertz CT molecular complexity index is 728. The van der Waals surface area contributed by atoms with Gasteiger partial charge in [0.25, 0.3) is 0 Å². The van der Waals surface area contributed by atoms with Crippen LogP contribution in [-0.2, 0) is 23.9 Å². The molecule has 0 saturated carbocycles. The molecule has 2 saturated heterocycles. The summed E-state index contributed by atoms with van der Waals surface area (Å²) < 4.78 is 51.6. The molecule has 2 fully saturated rings. The second kappa shape index (κ2) is 6.97. The number of hydrogen-bond donors (Lipinski definition) is 1. The second-order valence-electron chi connectivity index (χ2n) is 7.40. The third-order valence-electron chi connectivity index (χ3n) is 5.58. The zero-order valence-corrected chi connectivity index (χ0v) is 14.7. The number of fused-ring (bicyclic) bond motifs is 1. The first-order valence-corrected chi connectivity index (χ1v) is 9.13. The topological polar surface area (TPSA) is 61.4 Å². The van der Waals surface area contributed by atoms with Crippen LogP contribution < -0.4 is 5.32 Å². The third kappa shape index (κ3) is 3.77. The van der Waals surface area contributed by atoms with Gasteiger partial charge in [0.05, 0.1) is 18.3 Å². The number of amides is 1. The summed E-state index contributed by atoms with van der Waals surface area (Å²) in [6.07, 6.45) is -2.79. The van der Waals surface area contributed by atoms with Crippen LogP contribution in [0.15, 0.2) is 6.20 Å². The molecule has 148 valence electrons. The van der Waals surface area contributed by atoms with E-state index in [0.29, 0.717) is 56.7 Å². The molecular weight excluding hydrogens is 366 g/mol. The summed E-state index contributed by atoms with van der Waals surface area (Å²) in [5.41, 5.74) is 1.14. The summed E-state index contributed by atoms with van der Waals surface area (Å²) in [6, 6.07) is -0.219. The predicted octanol–water partition coefficient (Wildman–Crippen LogP) is 1.15. The van der Waals surface area contributed by atoms with Gasteiger partial charge in [0, 0.05) is 50.4 Å². The van der Waals surface area contributed by atoms with Crippen LogP contribution in [0.5, 0.6) is 0 Å². The first-order valence-electron chi connectivity index (χ1n) is 9.13. The van der Waals surface area contributed by atoms with Gasteiger partial charge in [-0.25, -0.2) is 14.4 Å². The highest BCUT2D eigenvalue weighted by Crippen LogP contribution is 2.29. The summed E-state index contributed by atoms with van der Waals surface area (Å²) in [4.78, 5) is 23.4. The monoisotopic (exact) mass is 387 g/mol. The van der Waals surface area contributed by atoms with Crippen LogP contribution in [0.1, 0.15) is 29.9 Å². The van der Waals surface area contributed by atoms with Crippen molar-refractivity contribution in [3.8, 4) is 0 Å². The van der Waals surface area contributed by atoms with Crippen LogP contribution in [0, 0.1) is 0 Å². The van der Waals surface area contributed by atoms with Crippen LogP contribution in [0.3, 0.4) is 0 Å². The second-order valence-corrected chi connectivity index (χ2v) is 7.40. The maximum atomic E-state index is 13.3. The average molecular weight is 387 g/mol. The molecule has 1 N–H and O–H groups in total. The maximum absolute atomic E-state index is 13.3. The predicted molar refractivity (Wildman–Crippen MR) is 87.4 cm³/mol. The molecule has 10 heteroatoms. The van der Waals surface area contributed by atoms with Crippen molar-refractivity contribution < 1.29 is 22.4 Å². The SMILES string of the molecule is O=C([C@@H]1C[C@H](N2CCc3nc(C(F)(F)F)ncc3C2)CN1)N1CC[C@H](F)C1. The molecule has 0 radical (unpaired) electrons. The molecule has 3 aliphatic heterocycles. The molecule has 4 rings (SSSR count). The Labute approximate surface area is 153 Å². The van der Waals surface area contributed by atoms with Crippen molar-refractivity contribution in [2.24, 2.45) is 0 Å². The standard InChI is InChI=1S/C17H21F4N5O/c18-11-1-3-26(9-11)15(27)14-5-12(7-22-14)25-4-2-13-10(8-25)6-23-16(24-13)17(19,20)21/h6,11-12,14,22H,1-5,7-9H2/t11-,12-,14-/m0/s1. The molecule has 3 aliphatic rings. The van der Waals surface area contributed by atoms with E-state index in [4.69, 9.17) is 0 Å². The molecule has 3 atom stereocenters. The number of halogens is 4. The minimum absolute atomic E-state index is 0.0618. The Hall–Kier alpha value is -1.81. The molecule has 1 amide bonds. The van der Waals surface area contributed by atoms with E-state index < -0.39 is 18.2 Å². The number of hydrogen-bond acceptors (Lipinski definition) is 5. The summed E-state index contributed by atoms with van der Waals surface area (Å²) in [5, 5.41) is 3.21. The Kier molecular flexibility index (Phi) is 4.79. The lowest BCUT2D eigenvalue weighted by Gasteiger charge is -2.32. The highest BCUT2D eigenvalue weighted by molar-refractivity contribution is 5.82. The molecule has 27 heavy (non-hydrogen) atoms. The third-order valence-corrected chi connectivity index (χ3v) is 5.58. The molecular formula is C17H21F4N5O. The molecule has 0 spiro atoms. The molecule has 0 aliphatic carbocycles. The van der Waals surface area contributed by atoms with E-state index in [-0.39, 0.29) is 24.5 Å². The maximum Gasteiger partial charge on any atom is 0.451 e. The molecule has 6 nitrogen and oxygen atoms in total. The summed E-state index contributed by atoms with van der Waals surface area (Å²) in [7, 11) is 0. The van der Waals surface area contributed by atoms with Crippen LogP contribution in [0.2, 0.25) is 0 Å². The van der Waals surface area contributed by atoms with Crippen molar-refractivity contribution >= 4 is 5.91 Å². The summed E-state index contributed by atoms with van der Waals surface area (Å²) in [5.74, 6) is -1.16. The number of nitrogens with zero attached hydrogens (tertiary/aromatic N) is 4. The molecule has 0 unspecified atom stereocenters. The quantitative estimate of drug-likeness (QED) is 0.772. The number of likely N-dealkylation sites (tertiary alicyclic amines) is 1. The number of alkyl halides is 4. The lowest BCUT2D eigenvalue weighted by molar-refractivity contribution is -0.145. The summed E-state index contributed by atoms with van der Waals surface area (Å²) in [6.45, 7) is 2.30. The average Bonchev–Trinajstić information content (AvgIpc) is 3.29. The molecule has 1 aromatic heterocycles. The van der Waals surface area contributed by atoms with Crippen molar-refractivity contribution in [3.63, 3.8) is 0 Å². The number of carbonyl (C=O) groups excluding carboxylic acids is 1. The van der Waals surface area contributed by atoms with Crippen LogP contribution in [-0.4, -0.2) is 70.1 Å². The van der Waals surface area contributed by atoms with Gasteiger partial charge in [0.2, 0.25) is 11.7 Å². The van der Waals surface area contributed by atoms with Crippen molar-refractivity contribution in [2.75, 3.05) is 26.2 Å². The smallest absolute Gasteiger partial charge is 0.338 e. The largest absolute Gasteiger partial charge is 0.451 e. The molecule has 4 heterocycles. The highest BCUT2D eigenvalue weighted by atomic mass is 19.4. The molecule has 0 aromatic carbocycles. The minimum atomic E-state index is -4.54. The molecule has 1 aromatic rings. The number of carbonyl (C=O) groups is 1.